The number of nitro groups is 1. The van der Waals surface area contributed by atoms with E-state index in [9.17, 15) is 14.9 Å². The highest BCUT2D eigenvalue weighted by atomic mass is 35.5. The van der Waals surface area contributed by atoms with Gasteiger partial charge in [-0.2, -0.15) is 0 Å². The smallest absolute Gasteiger partial charge is 0.270 e. The van der Waals surface area contributed by atoms with Crippen LogP contribution in [0.3, 0.4) is 0 Å². The average Bonchev–Trinajstić information content (AvgIpc) is 2.89. The highest BCUT2D eigenvalue weighted by Gasteiger charge is 2.22. The first-order valence-electron chi connectivity index (χ1n) is 11.5. The molecule has 0 radical (unpaired) electrons. The molecule has 1 fully saturated rings. The summed E-state index contributed by atoms with van der Waals surface area (Å²) in [5.41, 5.74) is 1.60. The molecule has 0 bridgehead atoms. The standard InChI is InChI=1S/C26H24ClN5O4/c1-36-22-7-3-6-20(15-22)31-25(28-24-9-8-21(32(34)35)16-23(24)26(31)33)17-29-10-12-30(13-11-29)19-5-2-4-18(27)14-19/h2-9,14-16H,10-13,17H2,1H3. The van der Waals surface area contributed by atoms with Gasteiger partial charge in [0.25, 0.3) is 11.2 Å². The van der Waals surface area contributed by atoms with E-state index in [0.717, 1.165) is 31.9 Å². The Morgan fingerprint density at radius 1 is 1.00 bits per heavy atom. The number of benzene rings is 3. The summed E-state index contributed by atoms with van der Waals surface area (Å²) >= 11 is 6.16. The van der Waals surface area contributed by atoms with Gasteiger partial charge in [-0.15, -0.1) is 0 Å². The van der Waals surface area contributed by atoms with Crippen LogP contribution in [0.1, 0.15) is 5.82 Å². The molecule has 1 aliphatic heterocycles. The molecule has 1 aliphatic rings. The number of halogens is 1. The number of fused-ring (bicyclic) bond motifs is 1. The molecule has 184 valence electrons. The first-order chi connectivity index (χ1) is 17.4. The number of ether oxygens (including phenoxy) is 1. The highest BCUT2D eigenvalue weighted by molar-refractivity contribution is 6.30. The lowest BCUT2D eigenvalue weighted by molar-refractivity contribution is -0.384. The zero-order valence-corrected chi connectivity index (χ0v) is 20.4. The Kier molecular flexibility index (Phi) is 6.58. The van der Waals surface area contributed by atoms with E-state index in [4.69, 9.17) is 21.3 Å². The monoisotopic (exact) mass is 505 g/mol. The molecule has 0 amide bonds. The van der Waals surface area contributed by atoms with E-state index in [1.165, 1.54) is 22.8 Å². The van der Waals surface area contributed by atoms with Crippen LogP contribution in [-0.4, -0.2) is 52.7 Å². The third-order valence-corrected chi connectivity index (χ3v) is 6.59. The summed E-state index contributed by atoms with van der Waals surface area (Å²) in [5, 5.41) is 12.2. The Hall–Kier alpha value is -3.95. The topological polar surface area (TPSA) is 93.7 Å². The lowest BCUT2D eigenvalue weighted by Crippen LogP contribution is -2.46. The van der Waals surface area contributed by atoms with Crippen molar-refractivity contribution in [3.05, 3.63) is 98.0 Å². The largest absolute Gasteiger partial charge is 0.497 e. The van der Waals surface area contributed by atoms with Crippen LogP contribution in [-0.2, 0) is 6.54 Å². The number of methoxy groups -OCH3 is 1. The van der Waals surface area contributed by atoms with E-state index in [1.807, 2.05) is 24.3 Å². The molecule has 0 saturated carbocycles. The Morgan fingerprint density at radius 3 is 2.47 bits per heavy atom. The minimum atomic E-state index is -0.512. The number of anilines is 1. The summed E-state index contributed by atoms with van der Waals surface area (Å²) in [7, 11) is 1.56. The maximum Gasteiger partial charge on any atom is 0.270 e. The van der Waals surface area contributed by atoms with Crippen molar-refractivity contribution in [1.82, 2.24) is 14.5 Å². The van der Waals surface area contributed by atoms with Crippen molar-refractivity contribution in [2.75, 3.05) is 38.2 Å². The Bertz CT molecular complexity index is 1500. The van der Waals surface area contributed by atoms with Gasteiger partial charge in [0.15, 0.2) is 0 Å². The summed E-state index contributed by atoms with van der Waals surface area (Å²) in [6.07, 6.45) is 0. The van der Waals surface area contributed by atoms with Crippen molar-refractivity contribution >= 4 is 33.9 Å². The molecule has 0 atom stereocenters. The van der Waals surface area contributed by atoms with Crippen molar-refractivity contribution < 1.29 is 9.66 Å². The van der Waals surface area contributed by atoms with Gasteiger partial charge >= 0.3 is 0 Å². The van der Waals surface area contributed by atoms with Gasteiger partial charge in [0.05, 0.1) is 35.2 Å². The molecule has 1 aromatic heterocycles. The summed E-state index contributed by atoms with van der Waals surface area (Å²) in [5.74, 6) is 1.16. The first-order valence-corrected chi connectivity index (χ1v) is 11.9. The molecule has 36 heavy (non-hydrogen) atoms. The molecule has 5 rings (SSSR count). The lowest BCUT2D eigenvalue weighted by atomic mass is 10.2. The van der Waals surface area contributed by atoms with Gasteiger partial charge in [-0.05, 0) is 36.4 Å². The molecule has 9 nitrogen and oxygen atoms in total. The minimum Gasteiger partial charge on any atom is -0.497 e. The molecule has 1 saturated heterocycles. The van der Waals surface area contributed by atoms with E-state index in [2.05, 4.69) is 9.80 Å². The number of nitrogens with zero attached hydrogens (tertiary/aromatic N) is 5. The minimum absolute atomic E-state index is 0.150. The zero-order valence-electron chi connectivity index (χ0n) is 19.6. The SMILES string of the molecule is COc1cccc(-n2c(CN3CCN(c4cccc(Cl)c4)CC3)nc3ccc([N+](=O)[O-])cc3c2=O)c1. The van der Waals surface area contributed by atoms with E-state index in [-0.39, 0.29) is 16.6 Å². The molecule has 3 aromatic carbocycles. The van der Waals surface area contributed by atoms with Crippen LogP contribution in [0.25, 0.3) is 16.6 Å². The van der Waals surface area contributed by atoms with Crippen LogP contribution in [0.5, 0.6) is 5.75 Å². The third-order valence-electron chi connectivity index (χ3n) is 6.35. The second-order valence-electron chi connectivity index (χ2n) is 8.57. The van der Waals surface area contributed by atoms with E-state index in [1.54, 1.807) is 31.4 Å². The quantitative estimate of drug-likeness (QED) is 0.285. The number of hydrogen-bond donors (Lipinski definition) is 0. The molecule has 10 heteroatoms. The van der Waals surface area contributed by atoms with Crippen molar-refractivity contribution in [1.29, 1.82) is 0 Å². The van der Waals surface area contributed by atoms with Crippen LogP contribution < -0.4 is 15.2 Å². The molecule has 0 unspecified atom stereocenters. The fourth-order valence-corrected chi connectivity index (χ4v) is 4.68. The van der Waals surface area contributed by atoms with Crippen molar-refractivity contribution in [2.24, 2.45) is 0 Å². The van der Waals surface area contributed by atoms with Crippen molar-refractivity contribution in [3.8, 4) is 11.4 Å². The molecular formula is C26H24ClN5O4. The molecular weight excluding hydrogens is 482 g/mol. The lowest BCUT2D eigenvalue weighted by Gasteiger charge is -2.36. The summed E-state index contributed by atoms with van der Waals surface area (Å²) in [6.45, 7) is 3.62. The number of hydrogen-bond acceptors (Lipinski definition) is 7. The van der Waals surface area contributed by atoms with Gasteiger partial charge < -0.3 is 9.64 Å². The Labute approximate surface area is 212 Å². The fourth-order valence-electron chi connectivity index (χ4n) is 4.49. The molecule has 4 aromatic rings. The predicted molar refractivity (Wildman–Crippen MR) is 139 cm³/mol. The normalized spacial score (nSPS) is 14.2. The van der Waals surface area contributed by atoms with Gasteiger partial charge in [0, 0.05) is 55.1 Å². The fraction of sp³-hybridized carbons (Fsp3) is 0.231. The van der Waals surface area contributed by atoms with Crippen LogP contribution in [0, 0.1) is 10.1 Å². The van der Waals surface area contributed by atoms with Crippen molar-refractivity contribution in [2.45, 2.75) is 6.54 Å². The molecule has 0 aliphatic carbocycles. The summed E-state index contributed by atoms with van der Waals surface area (Å²) < 4.78 is 6.88. The van der Waals surface area contributed by atoms with Crippen LogP contribution in [0.2, 0.25) is 5.02 Å². The van der Waals surface area contributed by atoms with Gasteiger partial charge in [-0.25, -0.2) is 4.98 Å². The molecule has 0 N–H and O–H groups in total. The molecule has 0 spiro atoms. The van der Waals surface area contributed by atoms with E-state index < -0.39 is 4.92 Å². The van der Waals surface area contributed by atoms with Gasteiger partial charge in [0.1, 0.15) is 11.6 Å². The number of nitro benzene ring substituents is 1. The second-order valence-corrected chi connectivity index (χ2v) is 9.01. The maximum atomic E-state index is 13.7. The average molecular weight is 506 g/mol. The van der Waals surface area contributed by atoms with Crippen LogP contribution in [0.15, 0.2) is 71.5 Å². The van der Waals surface area contributed by atoms with E-state index >= 15 is 0 Å². The van der Waals surface area contributed by atoms with Gasteiger partial charge in [0.2, 0.25) is 0 Å². The van der Waals surface area contributed by atoms with Crippen molar-refractivity contribution in [3.63, 3.8) is 0 Å². The van der Waals surface area contributed by atoms with Crippen LogP contribution >= 0.6 is 11.6 Å². The third kappa shape index (κ3) is 4.75. The maximum absolute atomic E-state index is 13.7. The van der Waals surface area contributed by atoms with Crippen LogP contribution in [0.4, 0.5) is 11.4 Å². The zero-order chi connectivity index (χ0) is 25.2. The Balaban J connectivity index is 1.50. The molecule has 2 heterocycles. The summed E-state index contributed by atoms with van der Waals surface area (Å²) in [4.78, 5) is 33.8. The van der Waals surface area contributed by atoms with Gasteiger partial charge in [-0.3, -0.25) is 24.4 Å². The number of aromatic nitrogens is 2. The second kappa shape index (κ2) is 9.96. The number of piperazine rings is 1. The van der Waals surface area contributed by atoms with E-state index in [0.29, 0.717) is 34.3 Å². The number of rotatable bonds is 6. The first kappa shape index (κ1) is 23.8. The highest BCUT2D eigenvalue weighted by Crippen LogP contribution is 2.24. The number of non-ortho nitro benzene ring substituents is 1. The summed E-state index contributed by atoms with van der Waals surface area (Å²) in [6, 6.07) is 19.2. The Morgan fingerprint density at radius 2 is 1.75 bits per heavy atom. The van der Waals surface area contributed by atoms with Gasteiger partial charge in [-0.1, -0.05) is 23.7 Å². The predicted octanol–water partition coefficient (Wildman–Crippen LogP) is 4.28.